The van der Waals surface area contributed by atoms with Crippen LogP contribution in [-0.4, -0.2) is 11.7 Å². The Morgan fingerprint density at radius 2 is 1.77 bits per heavy atom. The fourth-order valence-corrected chi connectivity index (χ4v) is 5.54. The van der Waals surface area contributed by atoms with Crippen molar-refractivity contribution in [2.45, 2.75) is 38.0 Å². The maximum absolute atomic E-state index is 13.9. The molecule has 148 valence electrons. The van der Waals surface area contributed by atoms with Crippen molar-refractivity contribution in [2.24, 2.45) is 0 Å². The molecule has 0 bridgehead atoms. The summed E-state index contributed by atoms with van der Waals surface area (Å²) in [5, 5.41) is 8.73. The number of fused-ring (bicyclic) bond motifs is 7. The molecule has 1 atom stereocenters. The van der Waals surface area contributed by atoms with Gasteiger partial charge in [-0.1, -0.05) is 49.4 Å². The molecule has 0 saturated heterocycles. The maximum atomic E-state index is 13.9. The van der Waals surface area contributed by atoms with Crippen LogP contribution in [0.2, 0.25) is 0 Å². The van der Waals surface area contributed by atoms with Crippen molar-refractivity contribution in [1.82, 2.24) is 0 Å². The number of nitrogens with one attached hydrogen (secondary N) is 2. The molecule has 1 amide bonds. The van der Waals surface area contributed by atoms with Gasteiger partial charge in [-0.25, -0.2) is 0 Å². The highest BCUT2D eigenvalue weighted by Gasteiger charge is 2.57. The van der Waals surface area contributed by atoms with Crippen LogP contribution in [0.4, 0.5) is 11.4 Å². The first kappa shape index (κ1) is 17.5. The van der Waals surface area contributed by atoms with E-state index in [0.29, 0.717) is 12.0 Å². The lowest BCUT2D eigenvalue weighted by atomic mass is 9.63. The summed E-state index contributed by atoms with van der Waals surface area (Å²) in [6.07, 6.45) is 2.95. The Balaban J connectivity index is 1.81. The average Bonchev–Trinajstić information content (AvgIpc) is 3.06. The molecule has 1 unspecified atom stereocenters. The third-order valence-corrected chi connectivity index (χ3v) is 6.86. The van der Waals surface area contributed by atoms with Gasteiger partial charge in [-0.15, -0.1) is 0 Å². The quantitative estimate of drug-likeness (QED) is 0.606. The van der Waals surface area contributed by atoms with Crippen LogP contribution in [0.1, 0.15) is 42.9 Å². The summed E-state index contributed by atoms with van der Waals surface area (Å²) in [5.74, 6) is -0.0418. The first-order valence-electron chi connectivity index (χ1n) is 10.7. The Hall–Kier alpha value is -3.40. The minimum atomic E-state index is -1.10. The Kier molecular flexibility index (Phi) is 3.52. The van der Waals surface area contributed by atoms with Crippen molar-refractivity contribution in [3.63, 3.8) is 0 Å². The fourth-order valence-electron chi connectivity index (χ4n) is 5.54. The summed E-state index contributed by atoms with van der Waals surface area (Å²) in [6.45, 7) is 2.11. The van der Waals surface area contributed by atoms with E-state index in [9.17, 15) is 9.59 Å². The molecular formula is C26H22N2O2. The van der Waals surface area contributed by atoms with Gasteiger partial charge < -0.3 is 10.6 Å². The van der Waals surface area contributed by atoms with Gasteiger partial charge in [0.25, 0.3) is 0 Å². The van der Waals surface area contributed by atoms with Crippen LogP contribution in [0.15, 0.2) is 65.9 Å². The summed E-state index contributed by atoms with van der Waals surface area (Å²) >= 11 is 0. The summed E-state index contributed by atoms with van der Waals surface area (Å²) in [5.41, 5.74) is 5.14. The van der Waals surface area contributed by atoms with Gasteiger partial charge in [0.15, 0.2) is 5.78 Å². The summed E-state index contributed by atoms with van der Waals surface area (Å²) in [4.78, 5) is 27.3. The van der Waals surface area contributed by atoms with Gasteiger partial charge in [-0.05, 0) is 47.7 Å². The molecule has 4 heteroatoms. The lowest BCUT2D eigenvalue weighted by Crippen LogP contribution is -2.45. The van der Waals surface area contributed by atoms with Crippen LogP contribution in [0.5, 0.6) is 0 Å². The normalized spacial score (nSPS) is 21.9. The van der Waals surface area contributed by atoms with E-state index in [1.165, 1.54) is 0 Å². The zero-order chi connectivity index (χ0) is 20.5. The number of aryl methyl sites for hydroxylation is 1. The molecule has 0 fully saturated rings. The minimum Gasteiger partial charge on any atom is -0.358 e. The van der Waals surface area contributed by atoms with Crippen molar-refractivity contribution in [3.05, 3.63) is 82.6 Å². The van der Waals surface area contributed by atoms with Crippen molar-refractivity contribution in [3.8, 4) is 0 Å². The van der Waals surface area contributed by atoms with E-state index in [4.69, 9.17) is 0 Å². The van der Waals surface area contributed by atoms with E-state index in [1.807, 2.05) is 24.3 Å². The largest absolute Gasteiger partial charge is 0.358 e. The maximum Gasteiger partial charge on any atom is 0.244 e. The second kappa shape index (κ2) is 6.05. The van der Waals surface area contributed by atoms with Gasteiger partial charge in [0.2, 0.25) is 5.91 Å². The molecule has 1 aliphatic carbocycles. The number of rotatable bonds is 1. The number of amides is 1. The number of ketones is 1. The number of hydrogen-bond acceptors (Lipinski definition) is 3. The number of anilines is 2. The molecule has 2 aliphatic heterocycles. The Bertz CT molecular complexity index is 1300. The highest BCUT2D eigenvalue weighted by molar-refractivity contribution is 6.22. The highest BCUT2D eigenvalue weighted by Crippen LogP contribution is 2.56. The molecular weight excluding hydrogens is 372 g/mol. The van der Waals surface area contributed by atoms with Gasteiger partial charge in [-0.3, -0.25) is 9.59 Å². The number of hydrogen-bond donors (Lipinski definition) is 2. The predicted octanol–water partition coefficient (Wildman–Crippen LogP) is 5.07. The van der Waals surface area contributed by atoms with Gasteiger partial charge >= 0.3 is 0 Å². The van der Waals surface area contributed by atoms with Crippen LogP contribution in [0.25, 0.3) is 10.8 Å². The number of carbonyl (C=O) groups excluding carboxylic acids is 2. The Labute approximate surface area is 175 Å². The van der Waals surface area contributed by atoms with Crippen molar-refractivity contribution in [1.29, 1.82) is 0 Å². The second-order valence-electron chi connectivity index (χ2n) is 8.40. The SMILES string of the molecule is CCc1ccc2c(c1)C1(C(=O)Nc3ccc4ccccc4c31)C1=C(CCCC1=O)N2. The van der Waals surface area contributed by atoms with Crippen LogP contribution < -0.4 is 10.6 Å². The molecule has 3 aliphatic rings. The number of benzene rings is 3. The Morgan fingerprint density at radius 3 is 2.63 bits per heavy atom. The highest BCUT2D eigenvalue weighted by atomic mass is 16.2. The average molecular weight is 394 g/mol. The summed E-state index contributed by atoms with van der Waals surface area (Å²) in [6, 6.07) is 18.4. The third kappa shape index (κ3) is 2.06. The summed E-state index contributed by atoms with van der Waals surface area (Å²) in [7, 11) is 0. The van der Waals surface area contributed by atoms with E-state index in [-0.39, 0.29) is 11.7 Å². The molecule has 6 rings (SSSR count). The molecule has 3 aromatic carbocycles. The fraction of sp³-hybridized carbons (Fsp3) is 0.231. The molecule has 0 aromatic heterocycles. The van der Waals surface area contributed by atoms with Crippen LogP contribution >= 0.6 is 0 Å². The Morgan fingerprint density at radius 1 is 0.933 bits per heavy atom. The molecule has 1 spiro atoms. The monoisotopic (exact) mass is 394 g/mol. The van der Waals surface area contributed by atoms with Gasteiger partial charge in [0.1, 0.15) is 5.41 Å². The smallest absolute Gasteiger partial charge is 0.244 e. The molecule has 3 aromatic rings. The number of carbonyl (C=O) groups is 2. The molecule has 2 N–H and O–H groups in total. The van der Waals surface area contributed by atoms with Crippen molar-refractivity contribution in [2.75, 3.05) is 10.6 Å². The second-order valence-corrected chi connectivity index (χ2v) is 8.40. The first-order chi connectivity index (χ1) is 14.6. The van der Waals surface area contributed by atoms with E-state index in [0.717, 1.165) is 63.8 Å². The van der Waals surface area contributed by atoms with Crippen LogP contribution in [-0.2, 0) is 21.4 Å². The molecule has 2 heterocycles. The molecule has 4 nitrogen and oxygen atoms in total. The molecule has 0 radical (unpaired) electrons. The van der Waals surface area contributed by atoms with E-state index >= 15 is 0 Å². The minimum absolute atomic E-state index is 0.0761. The molecule has 0 saturated carbocycles. The standard InChI is InChI=1S/C26H22N2O2/c1-2-15-10-12-19-18(14-15)26(24-20(27-19)8-5-9-22(24)29)23-17-7-4-3-6-16(17)11-13-21(23)28-25(26)30/h3-4,6-7,10-14,27H,2,5,8-9H2,1H3,(H,28,30). The first-order valence-corrected chi connectivity index (χ1v) is 10.7. The summed E-state index contributed by atoms with van der Waals surface area (Å²) < 4.78 is 0. The van der Waals surface area contributed by atoms with Crippen molar-refractivity contribution < 1.29 is 9.59 Å². The van der Waals surface area contributed by atoms with Crippen molar-refractivity contribution >= 4 is 33.8 Å². The zero-order valence-corrected chi connectivity index (χ0v) is 16.8. The predicted molar refractivity (Wildman–Crippen MR) is 119 cm³/mol. The third-order valence-electron chi connectivity index (χ3n) is 6.86. The van der Waals surface area contributed by atoms with Gasteiger partial charge in [0.05, 0.1) is 0 Å². The lowest BCUT2D eigenvalue weighted by Gasteiger charge is -2.40. The van der Waals surface area contributed by atoms with E-state index in [2.05, 4.69) is 47.9 Å². The van der Waals surface area contributed by atoms with Crippen LogP contribution in [0.3, 0.4) is 0 Å². The zero-order valence-electron chi connectivity index (χ0n) is 16.8. The lowest BCUT2D eigenvalue weighted by molar-refractivity contribution is -0.122. The molecule has 30 heavy (non-hydrogen) atoms. The topological polar surface area (TPSA) is 58.2 Å². The van der Waals surface area contributed by atoms with Gasteiger partial charge in [0, 0.05) is 40.2 Å². The number of allylic oxidation sites excluding steroid dienone is 1. The van der Waals surface area contributed by atoms with E-state index in [1.54, 1.807) is 0 Å². The van der Waals surface area contributed by atoms with E-state index < -0.39 is 5.41 Å². The number of Topliss-reactive ketones (excluding diaryl/α,β-unsaturated/α-hetero) is 1. The van der Waals surface area contributed by atoms with Crippen LogP contribution in [0, 0.1) is 0 Å². The van der Waals surface area contributed by atoms with Gasteiger partial charge in [-0.2, -0.15) is 0 Å².